The standard InChI is InChI=1S/C12H19NO6S2.C11H17NO4S.C11H15NO3S/c1-7(19-21(6,16)17)8(9(14)18-4)13-10(15)12(2,3)11(13)20-5;1-6(13)7(8(14)16-4)12-9(15)11(2,3)10(12)17-5;1-6-7(8(13)15-4)12-9(14)11(2,3)10(12)16-5/h11H,1-6H3;10,13H,1-5H3;10H,1H2,2-5H3/b8-7+;7-6+;. The van der Waals surface area contributed by atoms with Crippen LogP contribution in [-0.4, -0.2) is 126 Å². The van der Waals surface area contributed by atoms with Crippen LogP contribution in [0.15, 0.2) is 40.9 Å². The molecule has 3 aliphatic heterocycles. The number of likely N-dealkylation sites (tertiary alicyclic amines) is 3. The van der Waals surface area contributed by atoms with Crippen LogP contribution in [-0.2, 0) is 57.3 Å². The molecule has 0 bridgehead atoms. The van der Waals surface area contributed by atoms with Gasteiger partial charge in [0.15, 0.2) is 17.1 Å². The molecule has 304 valence electrons. The molecule has 0 spiro atoms. The molecule has 3 amide bonds. The molecule has 0 aromatic rings. The summed E-state index contributed by atoms with van der Waals surface area (Å²) < 4.78 is 41.0. The van der Waals surface area contributed by atoms with Gasteiger partial charge in [-0.25, -0.2) is 14.4 Å². The zero-order valence-corrected chi connectivity index (χ0v) is 36.5. The van der Waals surface area contributed by atoms with E-state index in [4.69, 9.17) is 4.18 Å². The Morgan fingerprint density at radius 1 is 0.685 bits per heavy atom. The number of hydrogen-bond donors (Lipinski definition) is 1. The fourth-order valence-corrected chi connectivity index (χ4v) is 9.68. The van der Waals surface area contributed by atoms with Crippen molar-refractivity contribution >= 4 is 81.0 Å². The summed E-state index contributed by atoms with van der Waals surface area (Å²) in [4.78, 5) is 75.0. The molecule has 3 unspecified atom stereocenters. The maximum atomic E-state index is 12.3. The Morgan fingerprint density at radius 2 is 1.00 bits per heavy atom. The van der Waals surface area contributed by atoms with Crippen molar-refractivity contribution in [1.82, 2.24) is 14.7 Å². The molecule has 3 fully saturated rings. The van der Waals surface area contributed by atoms with E-state index in [2.05, 4.69) is 26.5 Å². The molecule has 0 radical (unpaired) electrons. The number of hydrogen-bond acceptors (Lipinski definition) is 16. The van der Waals surface area contributed by atoms with E-state index in [1.54, 1.807) is 20.1 Å². The average molecular weight is 838 g/mol. The quantitative estimate of drug-likeness (QED) is 0.0598. The summed E-state index contributed by atoms with van der Waals surface area (Å²) in [6, 6.07) is 0. The fourth-order valence-electron chi connectivity index (χ4n) is 5.84. The van der Waals surface area contributed by atoms with Gasteiger partial charge in [0.05, 0.1) is 60.0 Å². The van der Waals surface area contributed by atoms with Gasteiger partial charge in [0.25, 0.3) is 0 Å². The van der Waals surface area contributed by atoms with E-state index >= 15 is 0 Å². The predicted octanol–water partition coefficient (Wildman–Crippen LogP) is 3.82. The second-order valence-electron chi connectivity index (χ2n) is 13.6. The molecule has 0 aromatic heterocycles. The first kappa shape index (κ1) is 48.4. The molecule has 3 saturated heterocycles. The summed E-state index contributed by atoms with van der Waals surface area (Å²) in [5.41, 5.74) is 0.654. The first-order valence-electron chi connectivity index (χ1n) is 15.9. The monoisotopic (exact) mass is 837 g/mol. The molecule has 16 nitrogen and oxygen atoms in total. The lowest BCUT2D eigenvalue weighted by molar-refractivity contribution is -0.161. The number of carbonyl (C=O) groups excluding carboxylic acids is 6. The number of carbonyl (C=O) groups is 6. The van der Waals surface area contributed by atoms with Gasteiger partial charge >= 0.3 is 28.0 Å². The van der Waals surface area contributed by atoms with Crippen molar-refractivity contribution in [3.05, 3.63) is 40.9 Å². The van der Waals surface area contributed by atoms with Gasteiger partial charge in [-0.2, -0.15) is 8.42 Å². The minimum absolute atomic E-state index is 0.0730. The van der Waals surface area contributed by atoms with Crippen LogP contribution < -0.4 is 0 Å². The largest absolute Gasteiger partial charge is 0.510 e. The van der Waals surface area contributed by atoms with Gasteiger partial charge in [0.1, 0.15) is 11.5 Å². The van der Waals surface area contributed by atoms with Crippen LogP contribution in [0.2, 0.25) is 0 Å². The molecule has 0 aromatic carbocycles. The first-order valence-corrected chi connectivity index (χ1v) is 21.6. The highest BCUT2D eigenvalue weighted by Crippen LogP contribution is 2.48. The number of nitrogens with zero attached hydrogens (tertiary/aromatic N) is 3. The molecule has 0 aliphatic carbocycles. The summed E-state index contributed by atoms with van der Waals surface area (Å²) in [5, 5.41) is 8.96. The number of ether oxygens (including phenoxy) is 3. The van der Waals surface area contributed by atoms with E-state index < -0.39 is 44.3 Å². The van der Waals surface area contributed by atoms with Crippen molar-refractivity contribution < 1.29 is 60.7 Å². The van der Waals surface area contributed by atoms with E-state index in [-0.39, 0.29) is 62.5 Å². The third-order valence-corrected chi connectivity index (χ3v) is 12.8. The normalized spacial score (nSPS) is 22.8. The summed E-state index contributed by atoms with van der Waals surface area (Å²) >= 11 is 4.35. The van der Waals surface area contributed by atoms with E-state index in [1.807, 2.05) is 40.2 Å². The highest BCUT2D eigenvalue weighted by Gasteiger charge is 2.59. The Balaban J connectivity index is 0.000000410. The van der Waals surface area contributed by atoms with Crippen LogP contribution >= 0.6 is 35.3 Å². The number of aliphatic hydroxyl groups is 1. The van der Waals surface area contributed by atoms with Crippen LogP contribution in [0.1, 0.15) is 55.4 Å². The van der Waals surface area contributed by atoms with Crippen LogP contribution in [0.3, 0.4) is 0 Å². The zero-order valence-electron chi connectivity index (χ0n) is 33.3. The third-order valence-electron chi connectivity index (χ3n) is 8.51. The Bertz CT molecular complexity index is 1760. The highest BCUT2D eigenvalue weighted by atomic mass is 32.2. The van der Waals surface area contributed by atoms with Crippen LogP contribution in [0, 0.1) is 16.2 Å². The third kappa shape index (κ3) is 9.44. The molecule has 3 aliphatic rings. The van der Waals surface area contributed by atoms with Crippen molar-refractivity contribution in [1.29, 1.82) is 0 Å². The number of esters is 3. The zero-order chi connectivity index (χ0) is 42.5. The van der Waals surface area contributed by atoms with Gasteiger partial charge in [0, 0.05) is 0 Å². The number of allylic oxidation sites excluding steroid dienone is 2. The Kier molecular flexibility index (Phi) is 16.5. The van der Waals surface area contributed by atoms with E-state index in [1.165, 1.54) is 78.1 Å². The fraction of sp³-hybridized carbons (Fsp3) is 0.618. The Morgan fingerprint density at radius 3 is 1.30 bits per heavy atom. The number of β-lactam (4-membered cyclic amide) rings is 3. The lowest BCUT2D eigenvalue weighted by atomic mass is 9.82. The molecule has 0 saturated carbocycles. The van der Waals surface area contributed by atoms with E-state index in [0.29, 0.717) is 0 Å². The first-order chi connectivity index (χ1) is 24.7. The van der Waals surface area contributed by atoms with Crippen molar-refractivity contribution in [2.45, 2.75) is 71.5 Å². The van der Waals surface area contributed by atoms with Crippen molar-refractivity contribution in [3.8, 4) is 0 Å². The number of methoxy groups -OCH3 is 3. The summed E-state index contributed by atoms with van der Waals surface area (Å²) in [5.74, 6) is -3.09. The van der Waals surface area contributed by atoms with Crippen molar-refractivity contribution in [2.75, 3.05) is 46.4 Å². The van der Waals surface area contributed by atoms with Crippen molar-refractivity contribution in [3.63, 3.8) is 0 Å². The molecular formula is C34H51N3O13S4. The predicted molar refractivity (Wildman–Crippen MR) is 206 cm³/mol. The summed E-state index contributed by atoms with van der Waals surface area (Å²) in [6.07, 6.45) is 6.41. The van der Waals surface area contributed by atoms with Crippen molar-refractivity contribution in [2.24, 2.45) is 16.2 Å². The summed E-state index contributed by atoms with van der Waals surface area (Å²) in [7, 11) is -0.172. The lowest BCUT2D eigenvalue weighted by Crippen LogP contribution is -2.65. The molecule has 3 heterocycles. The smallest absolute Gasteiger partial charge is 0.363 e. The molecule has 54 heavy (non-hydrogen) atoms. The second kappa shape index (κ2) is 18.4. The maximum Gasteiger partial charge on any atom is 0.363 e. The second-order valence-corrected chi connectivity index (χ2v) is 17.9. The van der Waals surface area contributed by atoms with Crippen LogP contribution in [0.4, 0.5) is 0 Å². The Labute approximate surface area is 330 Å². The molecule has 20 heteroatoms. The molecule has 3 atom stereocenters. The SMILES string of the molecule is C=C=C(C(=O)OC)N1C(=O)C(C)(C)C1SC.COC(=O)/C(=C(/C)O)N1C(=O)C(C)(C)C1SC.COC(=O)/C(=C(/C)OS(C)(=O)=O)N1C(=O)C(C)(C)C1SC. The number of thioether (sulfide) groups is 3. The number of amides is 3. The van der Waals surface area contributed by atoms with Gasteiger partial charge in [-0.1, -0.05) is 12.3 Å². The highest BCUT2D eigenvalue weighted by molar-refractivity contribution is 7.99. The molecule has 3 rings (SSSR count). The molecular weight excluding hydrogens is 787 g/mol. The summed E-state index contributed by atoms with van der Waals surface area (Å²) in [6.45, 7) is 16.9. The maximum absolute atomic E-state index is 12.3. The minimum Gasteiger partial charge on any atom is -0.510 e. The minimum atomic E-state index is -3.81. The topological polar surface area (TPSA) is 203 Å². The number of rotatable bonds is 11. The molecule has 1 N–H and O–H groups in total. The lowest BCUT2D eigenvalue weighted by Gasteiger charge is -2.51. The van der Waals surface area contributed by atoms with Gasteiger partial charge in [-0.3, -0.25) is 29.1 Å². The van der Waals surface area contributed by atoms with Gasteiger partial charge in [0.2, 0.25) is 17.7 Å². The average Bonchev–Trinajstić information content (AvgIpc) is 3.09. The van der Waals surface area contributed by atoms with E-state index in [0.717, 1.165) is 13.4 Å². The van der Waals surface area contributed by atoms with E-state index in [9.17, 15) is 42.3 Å². The van der Waals surface area contributed by atoms with Gasteiger partial charge in [-0.05, 0) is 74.2 Å². The van der Waals surface area contributed by atoms with Gasteiger partial charge in [-0.15, -0.1) is 35.3 Å². The number of aliphatic hydroxyl groups excluding tert-OH is 1. The van der Waals surface area contributed by atoms with Crippen LogP contribution in [0.25, 0.3) is 0 Å². The van der Waals surface area contributed by atoms with Gasteiger partial charge < -0.3 is 23.5 Å². The van der Waals surface area contributed by atoms with Crippen LogP contribution in [0.5, 0.6) is 0 Å². The Hall–Kier alpha value is -3.58.